The minimum absolute atomic E-state index is 0.205. The van der Waals surface area contributed by atoms with E-state index in [1.807, 2.05) is 19.0 Å². The van der Waals surface area contributed by atoms with E-state index in [0.717, 1.165) is 6.54 Å². The zero-order valence-electron chi connectivity index (χ0n) is 13.1. The molecule has 7 nitrogen and oxygen atoms in total. The van der Waals surface area contributed by atoms with Gasteiger partial charge in [-0.25, -0.2) is 0 Å². The molecule has 1 rings (SSSR count). The van der Waals surface area contributed by atoms with Gasteiger partial charge in [0.05, 0.1) is 11.3 Å². The van der Waals surface area contributed by atoms with E-state index >= 15 is 0 Å². The molecule has 118 valence electrons. The van der Waals surface area contributed by atoms with Gasteiger partial charge in [0, 0.05) is 34.2 Å². The summed E-state index contributed by atoms with van der Waals surface area (Å²) in [5.41, 5.74) is 6.57. The van der Waals surface area contributed by atoms with Crippen LogP contribution in [0, 0.1) is 0 Å². The maximum Gasteiger partial charge on any atom is 0.265 e. The molecule has 0 saturated carbocycles. The fourth-order valence-corrected chi connectivity index (χ4v) is 2.84. The molecule has 4 N–H and O–H groups in total. The van der Waals surface area contributed by atoms with E-state index < -0.39 is 0 Å². The quantitative estimate of drug-likeness (QED) is 0.706. The summed E-state index contributed by atoms with van der Waals surface area (Å²) < 4.78 is 0. The Balaban J connectivity index is 3.12. The van der Waals surface area contributed by atoms with E-state index in [2.05, 4.69) is 10.6 Å². The predicted molar refractivity (Wildman–Crippen MR) is 87.2 cm³/mol. The molecule has 1 heterocycles. The molecule has 0 aliphatic carbocycles. The first-order valence-electron chi connectivity index (χ1n) is 6.54. The number of nitrogens with zero attached hydrogens (tertiary/aromatic N) is 2. The Bertz CT molecular complexity index is 525. The van der Waals surface area contributed by atoms with Crippen LogP contribution < -0.4 is 16.4 Å². The van der Waals surface area contributed by atoms with Crippen molar-refractivity contribution < 1.29 is 9.59 Å². The van der Waals surface area contributed by atoms with Crippen LogP contribution in [0.5, 0.6) is 0 Å². The van der Waals surface area contributed by atoms with Crippen molar-refractivity contribution in [3.05, 3.63) is 10.4 Å². The van der Waals surface area contributed by atoms with E-state index in [4.69, 9.17) is 5.73 Å². The van der Waals surface area contributed by atoms with Gasteiger partial charge in [0.2, 0.25) is 0 Å². The van der Waals surface area contributed by atoms with Crippen molar-refractivity contribution in [2.75, 3.05) is 59.4 Å². The van der Waals surface area contributed by atoms with Crippen LogP contribution in [-0.2, 0) is 0 Å². The van der Waals surface area contributed by atoms with Gasteiger partial charge in [-0.15, -0.1) is 11.3 Å². The molecule has 0 aliphatic heterocycles. The summed E-state index contributed by atoms with van der Waals surface area (Å²) in [6.07, 6.45) is 0. The Morgan fingerprint density at radius 3 is 2.33 bits per heavy atom. The molecule has 0 radical (unpaired) electrons. The molecule has 2 amide bonds. The average molecular weight is 313 g/mol. The minimum atomic E-state index is -0.297. The topological polar surface area (TPSA) is 90.7 Å². The maximum absolute atomic E-state index is 12.1. The molecule has 0 unspecified atom stereocenters. The summed E-state index contributed by atoms with van der Waals surface area (Å²) in [5, 5.41) is 6.36. The zero-order valence-corrected chi connectivity index (χ0v) is 13.9. The molecule has 8 heteroatoms. The lowest BCUT2D eigenvalue weighted by Crippen LogP contribution is -2.24. The second kappa shape index (κ2) is 7.28. The third-order valence-electron chi connectivity index (χ3n) is 2.84. The number of rotatable bonds is 6. The van der Waals surface area contributed by atoms with Crippen molar-refractivity contribution in [3.8, 4) is 0 Å². The molecule has 0 bridgehead atoms. The van der Waals surface area contributed by atoms with E-state index in [1.54, 1.807) is 14.1 Å². The smallest absolute Gasteiger partial charge is 0.265 e. The second-order valence-corrected chi connectivity index (χ2v) is 6.08. The van der Waals surface area contributed by atoms with Crippen LogP contribution in [0.3, 0.4) is 0 Å². The first-order chi connectivity index (χ1) is 9.79. The molecule has 21 heavy (non-hydrogen) atoms. The largest absolute Gasteiger partial charge is 0.397 e. The third-order valence-corrected chi connectivity index (χ3v) is 4.00. The van der Waals surface area contributed by atoms with Crippen LogP contribution in [0.1, 0.15) is 20.0 Å². The van der Waals surface area contributed by atoms with Crippen LogP contribution in [0.25, 0.3) is 0 Å². The van der Waals surface area contributed by atoms with Gasteiger partial charge >= 0.3 is 0 Å². The fourth-order valence-electron chi connectivity index (χ4n) is 1.67. The highest BCUT2D eigenvalue weighted by Gasteiger charge is 2.25. The first kappa shape index (κ1) is 17.3. The number of carbonyl (C=O) groups is 2. The van der Waals surface area contributed by atoms with Gasteiger partial charge in [-0.05, 0) is 14.1 Å². The summed E-state index contributed by atoms with van der Waals surface area (Å²) >= 11 is 1.21. The maximum atomic E-state index is 12.1. The number of anilines is 2. The number of nitrogens with two attached hydrogens (primary N) is 1. The van der Waals surface area contributed by atoms with E-state index in [1.165, 1.54) is 23.3 Å². The highest BCUT2D eigenvalue weighted by atomic mass is 32.1. The van der Waals surface area contributed by atoms with Gasteiger partial charge in [0.1, 0.15) is 9.88 Å². The normalized spacial score (nSPS) is 10.6. The van der Waals surface area contributed by atoms with Gasteiger partial charge in [0.25, 0.3) is 11.8 Å². The molecule has 0 atom stereocenters. The molecule has 0 fully saturated rings. The van der Waals surface area contributed by atoms with E-state index in [9.17, 15) is 9.59 Å². The van der Waals surface area contributed by atoms with Crippen LogP contribution in [0.2, 0.25) is 0 Å². The standard InChI is InChI=1S/C13H23N5O2S/c1-15-11(19)8-9(14)10(13(20)18(4)5)21-12(8)16-6-7-17(2)3/h16H,6-7,14H2,1-5H3,(H,15,19). The Labute approximate surface area is 129 Å². The van der Waals surface area contributed by atoms with Gasteiger partial charge in [-0.2, -0.15) is 0 Å². The Morgan fingerprint density at radius 1 is 1.24 bits per heavy atom. The SMILES string of the molecule is CNC(=O)c1c(NCCN(C)C)sc(C(=O)N(C)C)c1N. The van der Waals surface area contributed by atoms with Crippen molar-refractivity contribution in [2.24, 2.45) is 0 Å². The van der Waals surface area contributed by atoms with Gasteiger partial charge in [0.15, 0.2) is 0 Å². The number of nitrogens with one attached hydrogen (secondary N) is 2. The highest BCUT2D eigenvalue weighted by molar-refractivity contribution is 7.19. The molecule has 1 aromatic rings. The number of thiophene rings is 1. The van der Waals surface area contributed by atoms with E-state index in [-0.39, 0.29) is 17.5 Å². The molecule has 0 spiro atoms. The van der Waals surface area contributed by atoms with E-state index in [0.29, 0.717) is 22.0 Å². The van der Waals surface area contributed by atoms with Crippen molar-refractivity contribution in [3.63, 3.8) is 0 Å². The fraction of sp³-hybridized carbons (Fsp3) is 0.538. The summed E-state index contributed by atoms with van der Waals surface area (Å²) in [6, 6.07) is 0. The summed E-state index contributed by atoms with van der Waals surface area (Å²) in [7, 11) is 8.77. The number of hydrogen-bond donors (Lipinski definition) is 3. The molecule has 1 aromatic heterocycles. The average Bonchev–Trinajstić information content (AvgIpc) is 2.73. The summed E-state index contributed by atoms with van der Waals surface area (Å²) in [6.45, 7) is 1.47. The monoisotopic (exact) mass is 313 g/mol. The number of hydrogen-bond acceptors (Lipinski definition) is 6. The number of likely N-dealkylation sites (N-methyl/N-ethyl adjacent to an activating group) is 1. The lowest BCUT2D eigenvalue weighted by atomic mass is 10.2. The Hall–Kier alpha value is -1.80. The Morgan fingerprint density at radius 2 is 1.86 bits per heavy atom. The van der Waals surface area contributed by atoms with Gasteiger partial charge in [-0.1, -0.05) is 0 Å². The second-order valence-electron chi connectivity index (χ2n) is 5.06. The highest BCUT2D eigenvalue weighted by Crippen LogP contribution is 2.36. The number of nitrogen functional groups attached to an aromatic ring is 1. The lowest BCUT2D eigenvalue weighted by Gasteiger charge is -2.11. The first-order valence-corrected chi connectivity index (χ1v) is 7.35. The van der Waals surface area contributed by atoms with Crippen molar-refractivity contribution >= 4 is 33.8 Å². The van der Waals surface area contributed by atoms with Gasteiger partial charge in [-0.3, -0.25) is 9.59 Å². The molecule has 0 aliphatic rings. The lowest BCUT2D eigenvalue weighted by molar-refractivity contribution is 0.0833. The van der Waals surface area contributed by atoms with Crippen LogP contribution in [-0.4, -0.2) is 69.9 Å². The van der Waals surface area contributed by atoms with Gasteiger partial charge < -0.3 is 26.2 Å². The minimum Gasteiger partial charge on any atom is -0.397 e. The summed E-state index contributed by atoms with van der Waals surface area (Å²) in [4.78, 5) is 28.0. The Kier molecular flexibility index (Phi) is 5.98. The zero-order chi connectivity index (χ0) is 16.2. The molecular weight excluding hydrogens is 290 g/mol. The number of amides is 2. The van der Waals surface area contributed by atoms with Crippen molar-refractivity contribution in [1.82, 2.24) is 15.1 Å². The molecule has 0 aromatic carbocycles. The molecular formula is C13H23N5O2S. The van der Waals surface area contributed by atoms with Crippen LogP contribution in [0.15, 0.2) is 0 Å². The van der Waals surface area contributed by atoms with Crippen molar-refractivity contribution in [2.45, 2.75) is 0 Å². The molecule has 0 saturated heterocycles. The number of carbonyl (C=O) groups excluding carboxylic acids is 2. The van der Waals surface area contributed by atoms with Crippen LogP contribution >= 0.6 is 11.3 Å². The predicted octanol–water partition coefficient (Wildman–Crippen LogP) is 0.365. The van der Waals surface area contributed by atoms with Crippen molar-refractivity contribution in [1.29, 1.82) is 0 Å². The third kappa shape index (κ3) is 4.08. The van der Waals surface area contributed by atoms with Crippen LogP contribution in [0.4, 0.5) is 10.7 Å². The summed E-state index contributed by atoms with van der Waals surface area (Å²) in [5.74, 6) is -0.503.